The summed E-state index contributed by atoms with van der Waals surface area (Å²) in [5.41, 5.74) is 0. The topological polar surface area (TPSA) is 27.7 Å². The second-order valence-corrected chi connectivity index (χ2v) is 1.77. The molecule has 0 spiro atoms. The van der Waals surface area contributed by atoms with Gasteiger partial charge in [0.2, 0.25) is 0 Å². The lowest BCUT2D eigenvalue weighted by atomic mass is 10.4. The van der Waals surface area contributed by atoms with Crippen LogP contribution >= 0.6 is 0 Å². The second-order valence-electron chi connectivity index (χ2n) is 1.77. The zero-order valence-corrected chi connectivity index (χ0v) is 5.37. The lowest BCUT2D eigenvalue weighted by Gasteiger charge is -2.04. The summed E-state index contributed by atoms with van der Waals surface area (Å²) in [4.78, 5) is 0. The van der Waals surface area contributed by atoms with Crippen molar-refractivity contribution in [3.8, 4) is 0 Å². The van der Waals surface area contributed by atoms with Gasteiger partial charge in [0.05, 0.1) is 6.61 Å². The summed E-state index contributed by atoms with van der Waals surface area (Å²) in [5, 5.41) is 0. The Balaban J connectivity index is 2.28. The Bertz CT molecular complexity index is 102. The average molecular weight is 130 g/mol. The summed E-state index contributed by atoms with van der Waals surface area (Å²) >= 11 is 0. The van der Waals surface area contributed by atoms with Crippen molar-refractivity contribution in [2.24, 2.45) is 0 Å². The Morgan fingerprint density at radius 3 is 2.89 bits per heavy atom. The van der Waals surface area contributed by atoms with Crippen LogP contribution in [0.4, 0.5) is 0 Å². The van der Waals surface area contributed by atoms with Gasteiger partial charge in [-0.3, -0.25) is 0 Å². The molecule has 1 fully saturated rings. The van der Waals surface area contributed by atoms with Crippen molar-refractivity contribution in [2.75, 3.05) is 13.7 Å². The molecule has 0 amide bonds. The van der Waals surface area contributed by atoms with E-state index in [4.69, 9.17) is 14.2 Å². The van der Waals surface area contributed by atoms with Crippen LogP contribution in [0, 0.1) is 0 Å². The number of ether oxygens (including phenoxy) is 3. The Morgan fingerprint density at radius 1 is 1.78 bits per heavy atom. The van der Waals surface area contributed by atoms with Crippen molar-refractivity contribution >= 4 is 0 Å². The molecule has 52 valence electrons. The van der Waals surface area contributed by atoms with Crippen LogP contribution < -0.4 is 0 Å². The van der Waals surface area contributed by atoms with E-state index in [0.717, 1.165) is 0 Å². The van der Waals surface area contributed by atoms with Crippen LogP contribution in [0.1, 0.15) is 0 Å². The molecule has 1 heterocycles. The zero-order chi connectivity index (χ0) is 6.69. The van der Waals surface area contributed by atoms with Crippen molar-refractivity contribution in [2.45, 2.75) is 12.6 Å². The molecule has 2 unspecified atom stereocenters. The molecule has 0 N–H and O–H groups in total. The second kappa shape index (κ2) is 2.96. The van der Waals surface area contributed by atoms with Crippen LogP contribution in [0.3, 0.4) is 0 Å². The molecule has 1 saturated heterocycles. The van der Waals surface area contributed by atoms with E-state index >= 15 is 0 Å². The van der Waals surface area contributed by atoms with Crippen LogP contribution in [-0.4, -0.2) is 26.3 Å². The first-order valence-electron chi connectivity index (χ1n) is 2.79. The highest BCUT2D eigenvalue weighted by atomic mass is 16.9. The smallest absolute Gasteiger partial charge is 0.272 e. The monoisotopic (exact) mass is 130 g/mol. The molecule has 0 saturated carbocycles. The van der Waals surface area contributed by atoms with Gasteiger partial charge < -0.3 is 14.2 Å². The minimum absolute atomic E-state index is 0.00468. The maximum Gasteiger partial charge on any atom is 0.272 e. The fourth-order valence-electron chi connectivity index (χ4n) is 0.642. The molecule has 0 aliphatic carbocycles. The third kappa shape index (κ3) is 1.51. The molecule has 0 aromatic carbocycles. The van der Waals surface area contributed by atoms with Gasteiger partial charge in [0.25, 0.3) is 6.48 Å². The highest BCUT2D eigenvalue weighted by Crippen LogP contribution is 2.11. The molecule has 9 heavy (non-hydrogen) atoms. The largest absolute Gasteiger partial charge is 0.333 e. The van der Waals surface area contributed by atoms with Crippen LogP contribution in [0.2, 0.25) is 0 Å². The minimum Gasteiger partial charge on any atom is -0.333 e. The molecular formula is C6H10O3. The van der Waals surface area contributed by atoms with Gasteiger partial charge in [-0.25, -0.2) is 0 Å². The summed E-state index contributed by atoms with van der Waals surface area (Å²) in [7, 11) is 1.54. The Labute approximate surface area is 54.2 Å². The molecule has 2 atom stereocenters. The number of hydrogen-bond acceptors (Lipinski definition) is 3. The number of rotatable bonds is 2. The van der Waals surface area contributed by atoms with E-state index in [-0.39, 0.29) is 6.10 Å². The maximum absolute atomic E-state index is 5.10. The van der Waals surface area contributed by atoms with Gasteiger partial charge in [-0.2, -0.15) is 0 Å². The van der Waals surface area contributed by atoms with E-state index < -0.39 is 6.48 Å². The standard InChI is InChI=1S/C6H10O3/c1-3-5-4-8-6(7-2)9-5/h3,5-6H,1,4H2,2H3. The Hall–Kier alpha value is -0.380. The minimum atomic E-state index is -0.493. The fourth-order valence-corrected chi connectivity index (χ4v) is 0.642. The molecule has 0 bridgehead atoms. The fraction of sp³-hybridized carbons (Fsp3) is 0.667. The molecule has 1 aliphatic heterocycles. The van der Waals surface area contributed by atoms with Gasteiger partial charge in [0.15, 0.2) is 0 Å². The highest BCUT2D eigenvalue weighted by molar-refractivity contribution is 4.81. The predicted octanol–water partition coefficient (Wildman–Crippen LogP) is 0.518. The van der Waals surface area contributed by atoms with Gasteiger partial charge in [-0.15, -0.1) is 6.58 Å². The van der Waals surface area contributed by atoms with E-state index in [2.05, 4.69) is 6.58 Å². The lowest BCUT2D eigenvalue weighted by molar-refractivity contribution is -0.219. The molecule has 1 aliphatic rings. The van der Waals surface area contributed by atoms with E-state index in [0.29, 0.717) is 6.61 Å². The van der Waals surface area contributed by atoms with Crippen molar-refractivity contribution < 1.29 is 14.2 Å². The Kier molecular flexibility index (Phi) is 2.22. The quantitative estimate of drug-likeness (QED) is 0.510. The third-order valence-corrected chi connectivity index (χ3v) is 1.14. The van der Waals surface area contributed by atoms with Crippen molar-refractivity contribution in [3.63, 3.8) is 0 Å². The van der Waals surface area contributed by atoms with E-state index in [1.807, 2.05) is 0 Å². The lowest BCUT2D eigenvalue weighted by Crippen LogP contribution is -2.11. The van der Waals surface area contributed by atoms with Crippen molar-refractivity contribution in [1.82, 2.24) is 0 Å². The predicted molar refractivity (Wildman–Crippen MR) is 31.8 cm³/mol. The summed E-state index contributed by atoms with van der Waals surface area (Å²) in [6.07, 6.45) is 1.69. The Morgan fingerprint density at radius 2 is 2.56 bits per heavy atom. The third-order valence-electron chi connectivity index (χ3n) is 1.14. The van der Waals surface area contributed by atoms with E-state index in [1.165, 1.54) is 7.11 Å². The van der Waals surface area contributed by atoms with E-state index in [1.54, 1.807) is 6.08 Å². The van der Waals surface area contributed by atoms with Gasteiger partial charge in [0, 0.05) is 7.11 Å². The molecule has 0 radical (unpaired) electrons. The van der Waals surface area contributed by atoms with Gasteiger partial charge in [0.1, 0.15) is 6.10 Å². The molecular weight excluding hydrogens is 120 g/mol. The molecule has 0 aromatic heterocycles. The van der Waals surface area contributed by atoms with Gasteiger partial charge in [-0.05, 0) is 0 Å². The highest BCUT2D eigenvalue weighted by Gasteiger charge is 2.22. The number of hydrogen-bond donors (Lipinski definition) is 0. The average Bonchev–Trinajstić information content (AvgIpc) is 2.34. The first-order chi connectivity index (χ1) is 4.36. The first-order valence-corrected chi connectivity index (χ1v) is 2.79. The van der Waals surface area contributed by atoms with Crippen molar-refractivity contribution in [1.29, 1.82) is 0 Å². The summed E-state index contributed by atoms with van der Waals surface area (Å²) in [6.45, 7) is 3.60. The van der Waals surface area contributed by atoms with Crippen LogP contribution in [0.5, 0.6) is 0 Å². The normalized spacial score (nSPS) is 34.8. The van der Waals surface area contributed by atoms with Crippen LogP contribution in [0.15, 0.2) is 12.7 Å². The molecule has 3 nitrogen and oxygen atoms in total. The maximum atomic E-state index is 5.10. The summed E-state index contributed by atoms with van der Waals surface area (Å²) < 4.78 is 14.8. The van der Waals surface area contributed by atoms with Gasteiger partial charge in [-0.1, -0.05) is 6.08 Å². The first kappa shape index (κ1) is 6.74. The van der Waals surface area contributed by atoms with Crippen LogP contribution in [0.25, 0.3) is 0 Å². The molecule has 3 heteroatoms. The molecule has 1 rings (SSSR count). The summed E-state index contributed by atoms with van der Waals surface area (Å²) in [6, 6.07) is 0. The SMILES string of the molecule is C=CC1COC(OC)O1. The van der Waals surface area contributed by atoms with E-state index in [9.17, 15) is 0 Å². The number of methoxy groups -OCH3 is 1. The van der Waals surface area contributed by atoms with Crippen molar-refractivity contribution in [3.05, 3.63) is 12.7 Å². The van der Waals surface area contributed by atoms with Crippen LogP contribution in [-0.2, 0) is 14.2 Å². The molecule has 0 aromatic rings. The van der Waals surface area contributed by atoms with Gasteiger partial charge >= 0.3 is 0 Å². The summed E-state index contributed by atoms with van der Waals surface area (Å²) in [5.74, 6) is 0. The zero-order valence-electron chi connectivity index (χ0n) is 5.37.